The monoisotopic (exact) mass is 478 g/mol. The summed E-state index contributed by atoms with van der Waals surface area (Å²) in [5.41, 5.74) is 4.71. The van der Waals surface area contributed by atoms with Crippen LogP contribution in [0.3, 0.4) is 0 Å². The molecule has 1 aromatic heterocycles. The molecule has 0 aliphatic carbocycles. The predicted octanol–water partition coefficient (Wildman–Crippen LogP) is 6.66. The Morgan fingerprint density at radius 3 is 2.47 bits per heavy atom. The lowest BCUT2D eigenvalue weighted by Crippen LogP contribution is -2.33. The van der Waals surface area contributed by atoms with Gasteiger partial charge in [0, 0.05) is 27.6 Å². The second kappa shape index (κ2) is 11.4. The van der Waals surface area contributed by atoms with Crippen molar-refractivity contribution in [2.24, 2.45) is 0 Å². The highest BCUT2D eigenvalue weighted by atomic mass is 32.2. The number of nitrogens with zero attached hydrogens (tertiary/aromatic N) is 2. The summed E-state index contributed by atoms with van der Waals surface area (Å²) in [6.07, 6.45) is 10.6. The predicted molar refractivity (Wildman–Crippen MR) is 140 cm³/mol. The van der Waals surface area contributed by atoms with Gasteiger partial charge >= 0.3 is 5.97 Å². The zero-order valence-electron chi connectivity index (χ0n) is 21.6. The minimum absolute atomic E-state index is 0.0807. The molecule has 3 rings (SSSR count). The maximum Gasteiger partial charge on any atom is 0.313 e. The van der Waals surface area contributed by atoms with Crippen molar-refractivity contribution in [1.29, 1.82) is 0 Å². The van der Waals surface area contributed by atoms with E-state index >= 15 is 0 Å². The van der Waals surface area contributed by atoms with Gasteiger partial charge in [0.25, 0.3) is 0 Å². The van der Waals surface area contributed by atoms with E-state index in [4.69, 9.17) is 4.74 Å². The Bertz CT molecular complexity index is 1060. The van der Waals surface area contributed by atoms with Crippen LogP contribution in [0.15, 0.2) is 29.4 Å². The summed E-state index contributed by atoms with van der Waals surface area (Å²) >= 11 is 2.00. The molecule has 0 atom stereocenters. The van der Waals surface area contributed by atoms with E-state index in [-0.39, 0.29) is 22.6 Å². The van der Waals surface area contributed by atoms with Crippen molar-refractivity contribution in [3.8, 4) is 11.8 Å². The van der Waals surface area contributed by atoms with Crippen LogP contribution in [-0.2, 0) is 27.8 Å². The molecule has 0 fully saturated rings. The molecule has 182 valence electrons. The number of carbonyl (C=O) groups excluding carboxylic acids is 1. The lowest BCUT2D eigenvalue weighted by Gasteiger charge is -2.42. The molecular formula is C29H38N2O2S. The van der Waals surface area contributed by atoms with Crippen LogP contribution in [0.4, 0.5) is 0 Å². The molecule has 2 aromatic rings. The fourth-order valence-electron chi connectivity index (χ4n) is 4.79. The van der Waals surface area contributed by atoms with E-state index in [9.17, 15) is 4.79 Å². The first kappa shape index (κ1) is 26.3. The van der Waals surface area contributed by atoms with E-state index in [1.54, 1.807) is 19.3 Å². The Balaban J connectivity index is 1.89. The van der Waals surface area contributed by atoms with Crippen molar-refractivity contribution >= 4 is 17.7 Å². The van der Waals surface area contributed by atoms with Crippen LogP contribution >= 0.6 is 11.8 Å². The van der Waals surface area contributed by atoms with Crippen LogP contribution in [0.5, 0.6) is 0 Å². The highest BCUT2D eigenvalue weighted by Gasteiger charge is 2.38. The van der Waals surface area contributed by atoms with Crippen molar-refractivity contribution in [2.45, 2.75) is 102 Å². The first-order chi connectivity index (χ1) is 16.1. The molecule has 1 aliphatic heterocycles. The van der Waals surface area contributed by atoms with Crippen LogP contribution in [0.25, 0.3) is 0 Å². The fourth-order valence-corrected chi connectivity index (χ4v) is 6.46. The number of hydrogen-bond acceptors (Lipinski definition) is 5. The molecule has 34 heavy (non-hydrogen) atoms. The molecule has 0 unspecified atom stereocenters. The number of hydrogen-bond donors (Lipinski definition) is 0. The number of carbonyl (C=O) groups is 1. The topological polar surface area (TPSA) is 52.1 Å². The Kier molecular flexibility index (Phi) is 8.82. The van der Waals surface area contributed by atoms with Crippen molar-refractivity contribution in [3.63, 3.8) is 0 Å². The minimum atomic E-state index is -0.313. The highest BCUT2D eigenvalue weighted by Crippen LogP contribution is 2.51. The SMILES string of the molecule is CCCCCCc1cc2c(cc1C#Cc1cnc(CC(=O)OCC)nc1)C(C)(C)CC(C)(C)S2. The number of benzene rings is 1. The van der Waals surface area contributed by atoms with Gasteiger partial charge in [-0.1, -0.05) is 65.7 Å². The number of aryl methyl sites for hydroxylation is 1. The van der Waals surface area contributed by atoms with Gasteiger partial charge in [-0.05, 0) is 54.9 Å². The van der Waals surface area contributed by atoms with Crippen LogP contribution in [0.1, 0.15) is 102 Å². The number of fused-ring (bicyclic) bond motifs is 1. The van der Waals surface area contributed by atoms with E-state index in [1.165, 1.54) is 41.7 Å². The summed E-state index contributed by atoms with van der Waals surface area (Å²) in [6, 6.07) is 4.73. The second-order valence-electron chi connectivity index (χ2n) is 10.4. The van der Waals surface area contributed by atoms with Crippen LogP contribution < -0.4 is 0 Å². The summed E-state index contributed by atoms with van der Waals surface area (Å²) in [7, 11) is 0. The van der Waals surface area contributed by atoms with E-state index < -0.39 is 0 Å². The van der Waals surface area contributed by atoms with Gasteiger partial charge in [0.2, 0.25) is 0 Å². The zero-order valence-corrected chi connectivity index (χ0v) is 22.4. The molecule has 1 aromatic carbocycles. The standard InChI is InChI=1S/C29H38N2O2S/c1-7-9-10-11-12-22-16-25-24(28(3,4)20-29(5,6)34-25)15-23(22)14-13-21-18-30-26(31-19-21)17-27(32)33-8-2/h15-16,18-19H,7-12,17,20H2,1-6H3. The van der Waals surface area contributed by atoms with E-state index in [2.05, 4.69) is 68.6 Å². The fraction of sp³-hybridized carbons (Fsp3) is 0.552. The van der Waals surface area contributed by atoms with Crippen molar-refractivity contribution in [2.75, 3.05) is 6.61 Å². The number of thioether (sulfide) groups is 1. The zero-order chi connectivity index (χ0) is 24.8. The number of ether oxygens (including phenoxy) is 1. The van der Waals surface area contributed by atoms with Crippen LogP contribution in [-0.4, -0.2) is 27.3 Å². The molecule has 5 heteroatoms. The Labute approximate surface area is 209 Å². The third-order valence-corrected chi connectivity index (χ3v) is 7.40. The largest absolute Gasteiger partial charge is 0.466 e. The molecule has 0 amide bonds. The summed E-state index contributed by atoms with van der Waals surface area (Å²) in [6.45, 7) is 13.8. The normalized spacial score (nSPS) is 15.7. The van der Waals surface area contributed by atoms with Crippen molar-refractivity contribution in [1.82, 2.24) is 9.97 Å². The Hall–Kier alpha value is -2.32. The Morgan fingerprint density at radius 1 is 1.06 bits per heavy atom. The molecule has 1 aliphatic rings. The summed E-state index contributed by atoms with van der Waals surface area (Å²) < 4.78 is 5.20. The molecule has 0 saturated heterocycles. The van der Waals surface area contributed by atoms with Crippen molar-refractivity contribution in [3.05, 3.63) is 52.6 Å². The van der Waals surface area contributed by atoms with Gasteiger partial charge in [-0.15, -0.1) is 11.8 Å². The lowest BCUT2D eigenvalue weighted by molar-refractivity contribution is -0.142. The van der Waals surface area contributed by atoms with E-state index in [0.717, 1.165) is 24.0 Å². The van der Waals surface area contributed by atoms with E-state index in [0.29, 0.717) is 12.4 Å². The number of esters is 1. The Morgan fingerprint density at radius 2 is 1.79 bits per heavy atom. The maximum atomic E-state index is 11.7. The second-order valence-corrected chi connectivity index (χ2v) is 12.1. The van der Waals surface area contributed by atoms with Crippen molar-refractivity contribution < 1.29 is 9.53 Å². The molecule has 0 saturated carbocycles. The average molecular weight is 479 g/mol. The number of unbranched alkanes of at least 4 members (excludes halogenated alkanes) is 3. The smallest absolute Gasteiger partial charge is 0.313 e. The molecule has 2 heterocycles. The van der Waals surface area contributed by atoms with Crippen LogP contribution in [0, 0.1) is 11.8 Å². The van der Waals surface area contributed by atoms with Gasteiger partial charge in [-0.2, -0.15) is 0 Å². The van der Waals surface area contributed by atoms with Gasteiger partial charge in [0.1, 0.15) is 12.2 Å². The summed E-state index contributed by atoms with van der Waals surface area (Å²) in [4.78, 5) is 21.7. The van der Waals surface area contributed by atoms with Crippen LogP contribution in [0.2, 0.25) is 0 Å². The minimum Gasteiger partial charge on any atom is -0.466 e. The maximum absolute atomic E-state index is 11.7. The van der Waals surface area contributed by atoms with Gasteiger partial charge in [-0.3, -0.25) is 4.79 Å². The molecule has 0 N–H and O–H groups in total. The van der Waals surface area contributed by atoms with Gasteiger partial charge in [0.15, 0.2) is 0 Å². The summed E-state index contributed by atoms with van der Waals surface area (Å²) in [5, 5.41) is 0. The third-order valence-electron chi connectivity index (χ3n) is 6.14. The first-order valence-electron chi connectivity index (χ1n) is 12.5. The van der Waals surface area contributed by atoms with E-state index in [1.807, 2.05) is 11.8 Å². The number of rotatable bonds is 8. The molecule has 4 nitrogen and oxygen atoms in total. The quantitative estimate of drug-likeness (QED) is 0.241. The lowest BCUT2D eigenvalue weighted by atomic mass is 9.76. The summed E-state index contributed by atoms with van der Waals surface area (Å²) in [5.74, 6) is 6.83. The average Bonchev–Trinajstić information content (AvgIpc) is 2.75. The first-order valence-corrected chi connectivity index (χ1v) is 13.3. The number of aromatic nitrogens is 2. The highest BCUT2D eigenvalue weighted by molar-refractivity contribution is 8.00. The van der Waals surface area contributed by atoms with Gasteiger partial charge in [-0.25, -0.2) is 9.97 Å². The third kappa shape index (κ3) is 7.09. The van der Waals surface area contributed by atoms with Gasteiger partial charge in [0.05, 0.1) is 12.2 Å². The van der Waals surface area contributed by atoms with Gasteiger partial charge < -0.3 is 4.74 Å². The molecule has 0 radical (unpaired) electrons. The molecular weight excluding hydrogens is 440 g/mol. The molecule has 0 spiro atoms. The molecule has 0 bridgehead atoms.